The van der Waals surface area contributed by atoms with E-state index in [0.29, 0.717) is 11.8 Å². The fourth-order valence-electron chi connectivity index (χ4n) is 3.72. The average Bonchev–Trinajstić information content (AvgIpc) is 3.20. The van der Waals surface area contributed by atoms with Crippen LogP contribution >= 0.6 is 0 Å². The molecule has 1 aromatic heterocycles. The number of furan rings is 1. The predicted molar refractivity (Wildman–Crippen MR) is 82.9 cm³/mol. The van der Waals surface area contributed by atoms with Gasteiger partial charge in [0.05, 0.1) is 12.8 Å². The van der Waals surface area contributed by atoms with Crippen LogP contribution in [0.2, 0.25) is 0 Å². The molecule has 1 heterocycles. The van der Waals surface area contributed by atoms with Crippen LogP contribution in [0.5, 0.6) is 0 Å². The van der Waals surface area contributed by atoms with Gasteiger partial charge in [-0.15, -0.1) is 0 Å². The highest BCUT2D eigenvalue weighted by Gasteiger charge is 2.35. The van der Waals surface area contributed by atoms with Crippen molar-refractivity contribution in [2.75, 3.05) is 6.54 Å². The van der Waals surface area contributed by atoms with Crippen molar-refractivity contribution < 1.29 is 9.21 Å². The molecule has 0 aromatic carbocycles. The van der Waals surface area contributed by atoms with E-state index < -0.39 is 0 Å². The number of hydrogen-bond donors (Lipinski definition) is 0. The van der Waals surface area contributed by atoms with E-state index in [1.165, 1.54) is 25.7 Å². The minimum Gasteiger partial charge on any atom is -0.468 e. The van der Waals surface area contributed by atoms with Gasteiger partial charge in [0.25, 0.3) is 0 Å². The molecule has 0 spiro atoms. The van der Waals surface area contributed by atoms with Gasteiger partial charge in [-0.3, -0.25) is 9.69 Å². The highest BCUT2D eigenvalue weighted by Crippen LogP contribution is 2.34. The third-order valence-electron chi connectivity index (χ3n) is 5.03. The van der Waals surface area contributed by atoms with Crippen molar-refractivity contribution in [2.24, 2.45) is 11.8 Å². The van der Waals surface area contributed by atoms with Crippen molar-refractivity contribution in [1.29, 1.82) is 0 Å². The molecular formula is C18H27NO2. The molecule has 0 radical (unpaired) electrons. The molecule has 0 aliphatic heterocycles. The van der Waals surface area contributed by atoms with Crippen LogP contribution in [0, 0.1) is 11.8 Å². The number of carbonyl (C=O) groups is 1. The van der Waals surface area contributed by atoms with Gasteiger partial charge in [0.15, 0.2) is 0 Å². The maximum Gasteiger partial charge on any atom is 0.137 e. The van der Waals surface area contributed by atoms with Gasteiger partial charge in [-0.25, -0.2) is 0 Å². The summed E-state index contributed by atoms with van der Waals surface area (Å²) in [5, 5.41) is 0. The highest BCUT2D eigenvalue weighted by atomic mass is 16.3. The number of nitrogens with zero attached hydrogens (tertiary/aromatic N) is 1. The number of hydrogen-bond acceptors (Lipinski definition) is 3. The molecule has 21 heavy (non-hydrogen) atoms. The Kier molecular flexibility index (Phi) is 4.79. The predicted octanol–water partition coefficient (Wildman–Crippen LogP) is 4.03. The first-order valence-electron chi connectivity index (χ1n) is 8.55. The van der Waals surface area contributed by atoms with Gasteiger partial charge in [0.1, 0.15) is 11.5 Å². The van der Waals surface area contributed by atoms with E-state index in [4.69, 9.17) is 4.42 Å². The zero-order valence-corrected chi connectivity index (χ0v) is 13.1. The quantitative estimate of drug-likeness (QED) is 0.760. The maximum atomic E-state index is 12.3. The van der Waals surface area contributed by atoms with E-state index in [0.717, 1.165) is 44.0 Å². The van der Waals surface area contributed by atoms with Crippen LogP contribution in [-0.2, 0) is 11.3 Å². The largest absolute Gasteiger partial charge is 0.468 e. The maximum absolute atomic E-state index is 12.3. The molecular weight excluding hydrogens is 262 g/mol. The third-order valence-corrected chi connectivity index (χ3v) is 5.03. The second kappa shape index (κ2) is 6.78. The lowest BCUT2D eigenvalue weighted by atomic mass is 9.78. The lowest BCUT2D eigenvalue weighted by Gasteiger charge is -2.32. The Morgan fingerprint density at radius 3 is 2.86 bits per heavy atom. The third kappa shape index (κ3) is 3.97. The van der Waals surface area contributed by atoms with Crippen LogP contribution in [0.4, 0.5) is 0 Å². The first-order valence-corrected chi connectivity index (χ1v) is 8.55. The molecule has 116 valence electrons. The van der Waals surface area contributed by atoms with Gasteiger partial charge in [0.2, 0.25) is 0 Å². The molecule has 0 saturated heterocycles. The van der Waals surface area contributed by atoms with Gasteiger partial charge in [-0.05, 0) is 43.7 Å². The van der Waals surface area contributed by atoms with E-state index in [1.807, 2.05) is 12.1 Å². The summed E-state index contributed by atoms with van der Waals surface area (Å²) in [5.41, 5.74) is 0. The molecule has 0 bridgehead atoms. The standard InChI is InChI=1S/C18H27NO2/c1-2-4-14-6-9-18(20)15(11-14)12-19(16-7-8-16)13-17-5-3-10-21-17/h3,5,10,14-16H,2,4,6-9,11-13H2,1H3. The molecule has 0 amide bonds. The molecule has 2 aliphatic rings. The van der Waals surface area contributed by atoms with Crippen molar-refractivity contribution >= 4 is 5.78 Å². The molecule has 3 heteroatoms. The first-order chi connectivity index (χ1) is 10.3. The van der Waals surface area contributed by atoms with Crippen molar-refractivity contribution in [3.8, 4) is 0 Å². The molecule has 1 aromatic rings. The van der Waals surface area contributed by atoms with Gasteiger partial charge >= 0.3 is 0 Å². The van der Waals surface area contributed by atoms with Crippen molar-refractivity contribution in [3.63, 3.8) is 0 Å². The fourth-order valence-corrected chi connectivity index (χ4v) is 3.72. The Bertz CT molecular complexity index is 450. The molecule has 0 N–H and O–H groups in total. The normalized spacial score (nSPS) is 26.5. The fraction of sp³-hybridized carbons (Fsp3) is 0.722. The van der Waals surface area contributed by atoms with E-state index in [-0.39, 0.29) is 5.92 Å². The summed E-state index contributed by atoms with van der Waals surface area (Å²) >= 11 is 0. The van der Waals surface area contributed by atoms with Gasteiger partial charge in [0, 0.05) is 24.9 Å². The van der Waals surface area contributed by atoms with E-state index in [1.54, 1.807) is 6.26 Å². The van der Waals surface area contributed by atoms with Crippen LogP contribution in [0.3, 0.4) is 0 Å². The van der Waals surface area contributed by atoms with Crippen molar-refractivity contribution in [2.45, 2.75) is 64.5 Å². The van der Waals surface area contributed by atoms with Crippen LogP contribution in [0.25, 0.3) is 0 Å². The smallest absolute Gasteiger partial charge is 0.137 e. The van der Waals surface area contributed by atoms with Gasteiger partial charge < -0.3 is 4.42 Å². The zero-order valence-electron chi connectivity index (χ0n) is 13.1. The molecule has 2 unspecified atom stereocenters. The zero-order chi connectivity index (χ0) is 14.7. The van der Waals surface area contributed by atoms with Crippen LogP contribution in [0.15, 0.2) is 22.8 Å². The van der Waals surface area contributed by atoms with Crippen LogP contribution < -0.4 is 0 Å². The number of carbonyl (C=O) groups excluding carboxylic acids is 1. The number of ketones is 1. The molecule has 2 fully saturated rings. The summed E-state index contributed by atoms with van der Waals surface area (Å²) in [4.78, 5) is 14.8. The summed E-state index contributed by atoms with van der Waals surface area (Å²) in [5.74, 6) is 2.54. The SMILES string of the molecule is CCCC1CCC(=O)C(CN(Cc2ccco2)C2CC2)C1. The minimum absolute atomic E-state index is 0.255. The monoisotopic (exact) mass is 289 g/mol. The number of rotatable bonds is 7. The van der Waals surface area contributed by atoms with Crippen LogP contribution in [-0.4, -0.2) is 23.3 Å². The topological polar surface area (TPSA) is 33.5 Å². The summed E-state index contributed by atoms with van der Waals surface area (Å²) in [7, 11) is 0. The Labute approximate surface area is 127 Å². The Morgan fingerprint density at radius 1 is 1.33 bits per heavy atom. The Hall–Kier alpha value is -1.09. The molecule has 3 nitrogen and oxygen atoms in total. The van der Waals surface area contributed by atoms with Gasteiger partial charge in [-0.1, -0.05) is 19.8 Å². The molecule has 2 saturated carbocycles. The Morgan fingerprint density at radius 2 is 2.19 bits per heavy atom. The highest BCUT2D eigenvalue weighted by molar-refractivity contribution is 5.82. The summed E-state index contributed by atoms with van der Waals surface area (Å²) in [6.45, 7) is 4.04. The van der Waals surface area contributed by atoms with E-state index >= 15 is 0 Å². The second-order valence-electron chi connectivity index (χ2n) is 6.83. The summed E-state index contributed by atoms with van der Waals surface area (Å²) in [6, 6.07) is 4.66. The van der Waals surface area contributed by atoms with E-state index in [9.17, 15) is 4.79 Å². The number of Topliss-reactive ketones (excluding diaryl/α,β-unsaturated/α-hetero) is 1. The molecule has 3 rings (SSSR count). The second-order valence-corrected chi connectivity index (χ2v) is 6.83. The average molecular weight is 289 g/mol. The van der Waals surface area contributed by atoms with Crippen molar-refractivity contribution in [1.82, 2.24) is 4.90 Å². The van der Waals surface area contributed by atoms with Crippen LogP contribution in [0.1, 0.15) is 57.6 Å². The summed E-state index contributed by atoms with van der Waals surface area (Å²) < 4.78 is 5.49. The Balaban J connectivity index is 1.59. The molecule has 2 atom stereocenters. The molecule has 2 aliphatic carbocycles. The van der Waals surface area contributed by atoms with Gasteiger partial charge in [-0.2, -0.15) is 0 Å². The minimum atomic E-state index is 0.255. The van der Waals surface area contributed by atoms with E-state index in [2.05, 4.69) is 11.8 Å². The van der Waals surface area contributed by atoms with Crippen molar-refractivity contribution in [3.05, 3.63) is 24.2 Å². The summed E-state index contributed by atoms with van der Waals surface area (Å²) in [6.07, 6.45) is 9.84. The first kappa shape index (κ1) is 14.8. The lowest BCUT2D eigenvalue weighted by Crippen LogP contribution is -2.37. The lowest BCUT2D eigenvalue weighted by molar-refractivity contribution is -0.126.